The number of hydrogen-bond acceptors (Lipinski definition) is 1. The number of halogens is 2. The van der Waals surface area contributed by atoms with Crippen molar-refractivity contribution in [2.75, 3.05) is 0 Å². The van der Waals surface area contributed by atoms with Crippen LogP contribution in [0, 0.1) is 5.41 Å². The molecule has 3 heteroatoms. The SMILES string of the molecule is CC1(C)CCCC1(O)Cc1cc(Cl)ccc1Cl. The first kappa shape index (κ1) is 13.2. The highest BCUT2D eigenvalue weighted by atomic mass is 35.5. The molecule has 1 aliphatic rings. The number of hydrogen-bond donors (Lipinski definition) is 1. The minimum absolute atomic E-state index is 0.0569. The minimum atomic E-state index is -0.665. The average Bonchev–Trinajstić information content (AvgIpc) is 2.47. The van der Waals surface area contributed by atoms with Gasteiger partial charge in [-0.2, -0.15) is 0 Å². The standard InChI is InChI=1S/C14H18Cl2O/c1-13(2)6-3-7-14(13,17)9-10-8-11(15)4-5-12(10)16/h4-5,8,17H,3,6-7,9H2,1-2H3. The summed E-state index contributed by atoms with van der Waals surface area (Å²) >= 11 is 12.1. The van der Waals surface area contributed by atoms with Gasteiger partial charge in [0.25, 0.3) is 0 Å². The Balaban J connectivity index is 2.29. The van der Waals surface area contributed by atoms with Crippen molar-refractivity contribution >= 4 is 23.2 Å². The second-order valence-electron chi connectivity index (χ2n) is 5.68. The van der Waals surface area contributed by atoms with E-state index in [1.807, 2.05) is 6.07 Å². The van der Waals surface area contributed by atoms with Gasteiger partial charge in [0.1, 0.15) is 0 Å². The summed E-state index contributed by atoms with van der Waals surface area (Å²) in [5.74, 6) is 0. The second-order valence-corrected chi connectivity index (χ2v) is 6.53. The summed E-state index contributed by atoms with van der Waals surface area (Å²) in [7, 11) is 0. The van der Waals surface area contributed by atoms with E-state index in [0.717, 1.165) is 24.8 Å². The van der Waals surface area contributed by atoms with Crippen LogP contribution in [0.5, 0.6) is 0 Å². The van der Waals surface area contributed by atoms with Crippen molar-refractivity contribution in [3.05, 3.63) is 33.8 Å². The van der Waals surface area contributed by atoms with Crippen molar-refractivity contribution in [3.63, 3.8) is 0 Å². The highest BCUT2D eigenvalue weighted by Gasteiger charge is 2.47. The largest absolute Gasteiger partial charge is 0.389 e. The van der Waals surface area contributed by atoms with E-state index in [1.54, 1.807) is 12.1 Å². The molecule has 0 aromatic heterocycles. The van der Waals surface area contributed by atoms with Crippen molar-refractivity contribution in [1.82, 2.24) is 0 Å². The predicted octanol–water partition coefficient (Wildman–Crippen LogP) is 4.48. The molecule has 2 rings (SSSR count). The van der Waals surface area contributed by atoms with Gasteiger partial charge < -0.3 is 5.11 Å². The monoisotopic (exact) mass is 272 g/mol. The van der Waals surface area contributed by atoms with Crippen LogP contribution in [0.1, 0.15) is 38.7 Å². The summed E-state index contributed by atoms with van der Waals surface area (Å²) in [6.07, 6.45) is 3.55. The van der Waals surface area contributed by atoms with E-state index < -0.39 is 5.60 Å². The summed E-state index contributed by atoms with van der Waals surface area (Å²) in [5, 5.41) is 12.1. The molecule has 94 valence electrons. The van der Waals surface area contributed by atoms with E-state index in [4.69, 9.17) is 23.2 Å². The molecule has 0 radical (unpaired) electrons. The van der Waals surface area contributed by atoms with Gasteiger partial charge in [0.2, 0.25) is 0 Å². The van der Waals surface area contributed by atoms with Crippen LogP contribution < -0.4 is 0 Å². The van der Waals surface area contributed by atoms with Gasteiger partial charge in [0.05, 0.1) is 5.60 Å². The Labute approximate surface area is 113 Å². The first-order valence-electron chi connectivity index (χ1n) is 6.00. The maximum absolute atomic E-state index is 10.8. The van der Waals surface area contributed by atoms with E-state index in [0.29, 0.717) is 16.5 Å². The quantitative estimate of drug-likeness (QED) is 0.842. The van der Waals surface area contributed by atoms with Gasteiger partial charge in [-0.3, -0.25) is 0 Å². The van der Waals surface area contributed by atoms with Crippen LogP contribution in [0.15, 0.2) is 18.2 Å². The molecule has 1 aromatic rings. The number of benzene rings is 1. The molecule has 0 heterocycles. The second kappa shape index (κ2) is 4.46. The lowest BCUT2D eigenvalue weighted by Crippen LogP contribution is -2.41. The van der Waals surface area contributed by atoms with Gasteiger partial charge in [0, 0.05) is 16.5 Å². The van der Waals surface area contributed by atoms with Gasteiger partial charge in [0.15, 0.2) is 0 Å². The molecule has 0 aliphatic heterocycles. The number of rotatable bonds is 2. The Bertz CT molecular complexity index is 428. The van der Waals surface area contributed by atoms with Gasteiger partial charge in [-0.1, -0.05) is 37.0 Å². The maximum atomic E-state index is 10.8. The van der Waals surface area contributed by atoms with Crippen LogP contribution in [0.3, 0.4) is 0 Å². The smallest absolute Gasteiger partial charge is 0.0739 e. The highest BCUT2D eigenvalue weighted by Crippen LogP contribution is 2.48. The number of aliphatic hydroxyl groups is 1. The Morgan fingerprint density at radius 3 is 2.53 bits per heavy atom. The molecule has 0 saturated heterocycles. The van der Waals surface area contributed by atoms with Crippen LogP contribution in [0.25, 0.3) is 0 Å². The van der Waals surface area contributed by atoms with E-state index >= 15 is 0 Å². The lowest BCUT2D eigenvalue weighted by atomic mass is 9.74. The van der Waals surface area contributed by atoms with Crippen molar-refractivity contribution in [2.45, 2.75) is 45.1 Å². The molecular formula is C14H18Cl2O. The molecule has 0 spiro atoms. The van der Waals surface area contributed by atoms with Crippen molar-refractivity contribution in [3.8, 4) is 0 Å². The van der Waals surface area contributed by atoms with Gasteiger partial charge >= 0.3 is 0 Å². The van der Waals surface area contributed by atoms with Crippen molar-refractivity contribution < 1.29 is 5.11 Å². The van der Waals surface area contributed by atoms with Crippen molar-refractivity contribution in [1.29, 1.82) is 0 Å². The molecule has 1 saturated carbocycles. The normalized spacial score (nSPS) is 27.4. The van der Waals surface area contributed by atoms with Crippen LogP contribution >= 0.6 is 23.2 Å². The van der Waals surface area contributed by atoms with Crippen LogP contribution in [-0.4, -0.2) is 10.7 Å². The molecule has 1 aromatic carbocycles. The summed E-state index contributed by atoms with van der Waals surface area (Å²) in [5.41, 5.74) is 0.219. The maximum Gasteiger partial charge on any atom is 0.0739 e. The molecule has 1 unspecified atom stereocenters. The van der Waals surface area contributed by atoms with E-state index in [1.165, 1.54) is 0 Å². The molecule has 1 atom stereocenters. The third-order valence-electron chi connectivity index (χ3n) is 4.14. The van der Waals surface area contributed by atoms with Crippen LogP contribution in [0.4, 0.5) is 0 Å². The fourth-order valence-electron chi connectivity index (χ4n) is 2.72. The van der Waals surface area contributed by atoms with E-state index in [2.05, 4.69) is 13.8 Å². The van der Waals surface area contributed by atoms with Crippen LogP contribution in [-0.2, 0) is 6.42 Å². The molecule has 1 nitrogen and oxygen atoms in total. The summed E-state index contributed by atoms with van der Waals surface area (Å²) < 4.78 is 0. The first-order valence-corrected chi connectivity index (χ1v) is 6.76. The predicted molar refractivity (Wildman–Crippen MR) is 72.7 cm³/mol. The average molecular weight is 273 g/mol. The Hall–Kier alpha value is -0.240. The molecular weight excluding hydrogens is 255 g/mol. The fourth-order valence-corrected chi connectivity index (χ4v) is 3.09. The van der Waals surface area contributed by atoms with Gasteiger partial charge in [-0.15, -0.1) is 0 Å². The van der Waals surface area contributed by atoms with Crippen LogP contribution in [0.2, 0.25) is 10.0 Å². The third kappa shape index (κ3) is 2.47. The lowest BCUT2D eigenvalue weighted by Gasteiger charge is -2.37. The summed E-state index contributed by atoms with van der Waals surface area (Å²) in [6, 6.07) is 5.43. The Morgan fingerprint density at radius 1 is 1.24 bits per heavy atom. The fraction of sp³-hybridized carbons (Fsp3) is 0.571. The third-order valence-corrected chi connectivity index (χ3v) is 4.75. The molecule has 1 aliphatic carbocycles. The Morgan fingerprint density at radius 2 is 1.94 bits per heavy atom. The molecule has 1 fully saturated rings. The highest BCUT2D eigenvalue weighted by molar-refractivity contribution is 6.33. The van der Waals surface area contributed by atoms with Gasteiger partial charge in [-0.05, 0) is 48.4 Å². The topological polar surface area (TPSA) is 20.2 Å². The minimum Gasteiger partial charge on any atom is -0.389 e. The first-order chi connectivity index (χ1) is 7.84. The van der Waals surface area contributed by atoms with Gasteiger partial charge in [-0.25, -0.2) is 0 Å². The van der Waals surface area contributed by atoms with E-state index in [9.17, 15) is 5.11 Å². The summed E-state index contributed by atoms with van der Waals surface area (Å²) in [4.78, 5) is 0. The molecule has 0 amide bonds. The lowest BCUT2D eigenvalue weighted by molar-refractivity contribution is -0.0419. The molecule has 17 heavy (non-hydrogen) atoms. The zero-order valence-electron chi connectivity index (χ0n) is 10.3. The summed E-state index contributed by atoms with van der Waals surface area (Å²) in [6.45, 7) is 4.25. The molecule has 1 N–H and O–H groups in total. The van der Waals surface area contributed by atoms with Crippen molar-refractivity contribution in [2.24, 2.45) is 5.41 Å². The zero-order valence-corrected chi connectivity index (χ0v) is 11.8. The van der Waals surface area contributed by atoms with E-state index in [-0.39, 0.29) is 5.41 Å². The molecule has 0 bridgehead atoms. The zero-order chi connectivity index (χ0) is 12.7. The Kier molecular flexibility index (Phi) is 3.46.